The molecule has 0 unspecified atom stereocenters. The minimum Gasteiger partial charge on any atom is -0.357 e. The van der Waals surface area contributed by atoms with E-state index in [2.05, 4.69) is 46.9 Å². The van der Waals surface area contributed by atoms with Crippen molar-refractivity contribution >= 4 is 52.9 Å². The molecule has 1 aromatic heterocycles. The van der Waals surface area contributed by atoms with Gasteiger partial charge in [0, 0.05) is 35.5 Å². The molecule has 1 amide bonds. The van der Waals surface area contributed by atoms with Crippen molar-refractivity contribution in [3.05, 3.63) is 51.7 Å². The van der Waals surface area contributed by atoms with Crippen LogP contribution in [-0.2, 0) is 17.8 Å². The number of hydrogen-bond acceptors (Lipinski definition) is 3. The SMILES string of the molecule is CCNC(=NCc1ccc(C)s1)NCCc1ccc(NC(C)=O)cc1.I. The minimum atomic E-state index is -0.0538. The van der Waals surface area contributed by atoms with Gasteiger partial charge in [0.1, 0.15) is 0 Å². The number of aryl methyl sites for hydroxylation is 1. The highest BCUT2D eigenvalue weighted by molar-refractivity contribution is 14.0. The Kier molecular flexibility index (Phi) is 10.3. The lowest BCUT2D eigenvalue weighted by atomic mass is 10.1. The number of aliphatic imine (C=N–C) groups is 1. The Morgan fingerprint density at radius 2 is 1.85 bits per heavy atom. The molecule has 0 saturated heterocycles. The summed E-state index contributed by atoms with van der Waals surface area (Å²) in [6.45, 7) is 8.01. The Morgan fingerprint density at radius 1 is 1.12 bits per heavy atom. The van der Waals surface area contributed by atoms with Gasteiger partial charge in [0.15, 0.2) is 5.96 Å². The van der Waals surface area contributed by atoms with Crippen LogP contribution >= 0.6 is 35.3 Å². The lowest BCUT2D eigenvalue weighted by Crippen LogP contribution is -2.38. The Labute approximate surface area is 176 Å². The molecule has 0 aliphatic carbocycles. The van der Waals surface area contributed by atoms with Crippen LogP contribution in [0.3, 0.4) is 0 Å². The number of halogens is 1. The largest absolute Gasteiger partial charge is 0.357 e. The fourth-order valence-corrected chi connectivity index (χ4v) is 3.17. The van der Waals surface area contributed by atoms with Crippen LogP contribution in [0, 0.1) is 6.92 Å². The standard InChI is InChI=1S/C19H26N4OS.HI/c1-4-20-19(22-13-18-10-5-14(2)25-18)21-12-11-16-6-8-17(9-7-16)23-15(3)24;/h5-10H,4,11-13H2,1-3H3,(H,23,24)(H2,20,21,22);1H. The van der Waals surface area contributed by atoms with Crippen LogP contribution in [0.4, 0.5) is 5.69 Å². The number of guanidine groups is 1. The van der Waals surface area contributed by atoms with Gasteiger partial charge in [-0.3, -0.25) is 4.79 Å². The number of carbonyl (C=O) groups excluding carboxylic acids is 1. The first-order valence-corrected chi connectivity index (χ1v) is 9.32. The molecule has 0 spiro atoms. The molecule has 0 aliphatic heterocycles. The van der Waals surface area contributed by atoms with Crippen molar-refractivity contribution in [2.24, 2.45) is 4.99 Å². The number of anilines is 1. The first-order valence-electron chi connectivity index (χ1n) is 8.51. The van der Waals surface area contributed by atoms with Gasteiger partial charge in [-0.15, -0.1) is 35.3 Å². The zero-order valence-corrected chi connectivity index (χ0v) is 18.6. The van der Waals surface area contributed by atoms with Crippen LogP contribution in [0.1, 0.15) is 29.2 Å². The molecule has 7 heteroatoms. The Morgan fingerprint density at radius 3 is 2.42 bits per heavy atom. The van der Waals surface area contributed by atoms with Gasteiger partial charge in [0.2, 0.25) is 5.91 Å². The number of hydrogen-bond donors (Lipinski definition) is 3. The predicted molar refractivity (Wildman–Crippen MR) is 122 cm³/mol. The van der Waals surface area contributed by atoms with Crippen molar-refractivity contribution in [1.82, 2.24) is 10.6 Å². The van der Waals surface area contributed by atoms with Gasteiger partial charge in [-0.05, 0) is 50.1 Å². The summed E-state index contributed by atoms with van der Waals surface area (Å²) in [6, 6.07) is 12.2. The molecule has 0 atom stereocenters. The lowest BCUT2D eigenvalue weighted by Gasteiger charge is -2.11. The van der Waals surface area contributed by atoms with Gasteiger partial charge in [0.25, 0.3) is 0 Å². The Hall–Kier alpha value is -1.61. The average Bonchev–Trinajstić information content (AvgIpc) is 2.99. The number of amides is 1. The molecule has 142 valence electrons. The first-order chi connectivity index (χ1) is 12.1. The van der Waals surface area contributed by atoms with E-state index in [-0.39, 0.29) is 29.9 Å². The van der Waals surface area contributed by atoms with Gasteiger partial charge >= 0.3 is 0 Å². The summed E-state index contributed by atoms with van der Waals surface area (Å²) in [5, 5.41) is 9.41. The third-order valence-corrected chi connectivity index (χ3v) is 4.50. The quantitative estimate of drug-likeness (QED) is 0.316. The van der Waals surface area contributed by atoms with Gasteiger partial charge < -0.3 is 16.0 Å². The van der Waals surface area contributed by atoms with Crippen molar-refractivity contribution in [1.29, 1.82) is 0 Å². The molecule has 0 saturated carbocycles. The van der Waals surface area contributed by atoms with Crippen molar-refractivity contribution in [3.8, 4) is 0 Å². The van der Waals surface area contributed by atoms with Crippen LogP contribution in [0.15, 0.2) is 41.4 Å². The number of nitrogens with one attached hydrogen (secondary N) is 3. The molecular formula is C19H27IN4OS. The maximum absolute atomic E-state index is 11.0. The number of thiophene rings is 1. The molecule has 0 radical (unpaired) electrons. The molecular weight excluding hydrogens is 459 g/mol. The van der Waals surface area contributed by atoms with Crippen LogP contribution in [0.5, 0.6) is 0 Å². The Bertz CT molecular complexity index is 713. The van der Waals surface area contributed by atoms with Gasteiger partial charge in [-0.1, -0.05) is 12.1 Å². The highest BCUT2D eigenvalue weighted by Crippen LogP contribution is 2.15. The van der Waals surface area contributed by atoms with E-state index in [0.29, 0.717) is 6.54 Å². The summed E-state index contributed by atoms with van der Waals surface area (Å²) in [5.74, 6) is 0.783. The summed E-state index contributed by atoms with van der Waals surface area (Å²) in [7, 11) is 0. The molecule has 2 aromatic rings. The highest BCUT2D eigenvalue weighted by atomic mass is 127. The van der Waals surface area contributed by atoms with E-state index < -0.39 is 0 Å². The fraction of sp³-hybridized carbons (Fsp3) is 0.368. The summed E-state index contributed by atoms with van der Waals surface area (Å²) in [5.41, 5.74) is 2.04. The normalized spacial score (nSPS) is 10.8. The van der Waals surface area contributed by atoms with Gasteiger partial charge in [-0.2, -0.15) is 0 Å². The smallest absolute Gasteiger partial charge is 0.221 e. The van der Waals surface area contributed by atoms with E-state index in [4.69, 9.17) is 0 Å². The van der Waals surface area contributed by atoms with Gasteiger partial charge in [-0.25, -0.2) is 4.99 Å². The number of benzene rings is 1. The zero-order chi connectivity index (χ0) is 18.1. The molecule has 0 bridgehead atoms. The number of carbonyl (C=O) groups is 1. The minimum absolute atomic E-state index is 0. The monoisotopic (exact) mass is 486 g/mol. The second kappa shape index (κ2) is 11.9. The fourth-order valence-electron chi connectivity index (χ4n) is 2.35. The summed E-state index contributed by atoms with van der Waals surface area (Å²) in [4.78, 5) is 18.2. The first kappa shape index (κ1) is 22.4. The zero-order valence-electron chi connectivity index (χ0n) is 15.5. The Balaban J connectivity index is 0.00000338. The van der Waals surface area contributed by atoms with Crippen molar-refractivity contribution in [3.63, 3.8) is 0 Å². The van der Waals surface area contributed by atoms with Crippen molar-refractivity contribution < 1.29 is 4.79 Å². The van der Waals surface area contributed by atoms with Crippen LogP contribution in [0.25, 0.3) is 0 Å². The van der Waals surface area contributed by atoms with E-state index in [0.717, 1.165) is 31.2 Å². The second-order valence-electron chi connectivity index (χ2n) is 5.76. The lowest BCUT2D eigenvalue weighted by molar-refractivity contribution is -0.114. The molecule has 1 heterocycles. The summed E-state index contributed by atoms with van der Waals surface area (Å²) < 4.78 is 0. The van der Waals surface area contributed by atoms with Crippen molar-refractivity contribution in [2.45, 2.75) is 33.7 Å². The molecule has 2 rings (SSSR count). The third-order valence-electron chi connectivity index (χ3n) is 3.51. The molecule has 3 N–H and O–H groups in total. The topological polar surface area (TPSA) is 65.5 Å². The van der Waals surface area contributed by atoms with E-state index in [1.165, 1.54) is 22.2 Å². The number of rotatable bonds is 7. The summed E-state index contributed by atoms with van der Waals surface area (Å²) in [6.07, 6.45) is 0.892. The van der Waals surface area contributed by atoms with E-state index in [1.54, 1.807) is 11.3 Å². The van der Waals surface area contributed by atoms with Crippen molar-refractivity contribution in [2.75, 3.05) is 18.4 Å². The average molecular weight is 486 g/mol. The molecule has 5 nitrogen and oxygen atoms in total. The van der Waals surface area contributed by atoms with Crippen LogP contribution in [0.2, 0.25) is 0 Å². The van der Waals surface area contributed by atoms with E-state index >= 15 is 0 Å². The van der Waals surface area contributed by atoms with Crippen LogP contribution in [-0.4, -0.2) is 25.0 Å². The highest BCUT2D eigenvalue weighted by Gasteiger charge is 2.01. The molecule has 0 aliphatic rings. The third kappa shape index (κ3) is 8.18. The summed E-state index contributed by atoms with van der Waals surface area (Å²) >= 11 is 1.78. The molecule has 26 heavy (non-hydrogen) atoms. The molecule has 1 aromatic carbocycles. The van der Waals surface area contributed by atoms with E-state index in [1.807, 2.05) is 24.3 Å². The van der Waals surface area contributed by atoms with Gasteiger partial charge in [0.05, 0.1) is 6.54 Å². The van der Waals surface area contributed by atoms with E-state index in [9.17, 15) is 4.79 Å². The maximum Gasteiger partial charge on any atom is 0.221 e. The predicted octanol–water partition coefficient (Wildman–Crippen LogP) is 3.93. The van der Waals surface area contributed by atoms with Crippen LogP contribution < -0.4 is 16.0 Å². The molecule has 0 fully saturated rings. The number of nitrogens with zero attached hydrogens (tertiary/aromatic N) is 1. The second-order valence-corrected chi connectivity index (χ2v) is 7.13. The maximum atomic E-state index is 11.0.